The Morgan fingerprint density at radius 3 is 2.65 bits per heavy atom. The van der Waals surface area contributed by atoms with Crippen LogP contribution in [0.1, 0.15) is 48.3 Å². The molecule has 0 spiro atoms. The molecule has 11 heteroatoms. The topological polar surface area (TPSA) is 71.7 Å². The summed E-state index contributed by atoms with van der Waals surface area (Å²) in [5.74, 6) is -3.87. The molecule has 1 fully saturated rings. The maximum atomic E-state index is 13.3. The zero-order valence-electron chi connectivity index (χ0n) is 13.5. The predicted molar refractivity (Wildman–Crippen MR) is 78.4 cm³/mol. The van der Waals surface area contributed by atoms with Crippen LogP contribution in [0.2, 0.25) is 0 Å². The molecule has 3 rings (SSSR count). The normalized spacial score (nSPS) is 19.7. The van der Waals surface area contributed by atoms with E-state index in [1.807, 2.05) is 0 Å². The lowest BCUT2D eigenvalue weighted by Crippen LogP contribution is -2.47. The number of alkyl halides is 4. The van der Waals surface area contributed by atoms with E-state index in [1.54, 1.807) is 12.2 Å². The van der Waals surface area contributed by atoms with Crippen molar-refractivity contribution in [3.63, 3.8) is 0 Å². The van der Waals surface area contributed by atoms with Crippen molar-refractivity contribution in [3.8, 4) is 0 Å². The van der Waals surface area contributed by atoms with Crippen LogP contribution in [0, 0.1) is 5.92 Å². The van der Waals surface area contributed by atoms with Crippen LogP contribution in [0.15, 0.2) is 29.2 Å². The van der Waals surface area contributed by atoms with Crippen LogP contribution in [0.3, 0.4) is 0 Å². The highest BCUT2D eigenvalue weighted by Gasteiger charge is 2.38. The second-order valence-corrected chi connectivity index (χ2v) is 6.06. The maximum absolute atomic E-state index is 13.3. The van der Waals surface area contributed by atoms with Gasteiger partial charge in [0.15, 0.2) is 5.69 Å². The van der Waals surface area contributed by atoms with Gasteiger partial charge in [0.05, 0.1) is 6.20 Å². The monoisotopic (exact) mass is 376 g/mol. The number of hydrogen-bond donors (Lipinski definition) is 0. The molecule has 0 N–H and O–H groups in total. The lowest BCUT2D eigenvalue weighted by molar-refractivity contribution is -0.196. The summed E-state index contributed by atoms with van der Waals surface area (Å²) in [5, 5.41) is 8.39. The zero-order valence-corrected chi connectivity index (χ0v) is 13.5. The van der Waals surface area contributed by atoms with Crippen molar-refractivity contribution in [2.45, 2.75) is 38.0 Å². The van der Waals surface area contributed by atoms with Gasteiger partial charge in [-0.25, -0.2) is 27.2 Å². The van der Waals surface area contributed by atoms with Crippen LogP contribution in [0.4, 0.5) is 17.6 Å². The number of nitrogens with zero attached hydrogens (tertiary/aromatic N) is 4. The molecular weight excluding hydrogens is 360 g/mol. The van der Waals surface area contributed by atoms with Crippen molar-refractivity contribution >= 4 is 5.91 Å². The van der Waals surface area contributed by atoms with E-state index in [1.165, 1.54) is 12.5 Å². The maximum Gasteiger partial charge on any atom is 0.299 e. The van der Waals surface area contributed by atoms with E-state index >= 15 is 0 Å². The highest BCUT2D eigenvalue weighted by Crippen LogP contribution is 2.37. The van der Waals surface area contributed by atoms with E-state index in [4.69, 9.17) is 4.84 Å². The highest BCUT2D eigenvalue weighted by molar-refractivity contribution is 5.92. The third-order valence-corrected chi connectivity index (χ3v) is 4.24. The van der Waals surface area contributed by atoms with Gasteiger partial charge in [-0.15, -0.1) is 5.17 Å². The van der Waals surface area contributed by atoms with Gasteiger partial charge >= 0.3 is 0 Å². The standard InChI is InChI=1S/C15H16F4N4O3/c16-13(17)11-12(21-26-20-11)14(24)22(23-7-1-2-8-25-23)9-10-3-5-15(18,19)6-4-10/h1-2,7-8,10,13H,3-6,9H2. The average Bonchev–Trinajstić information content (AvgIpc) is 3.11. The van der Waals surface area contributed by atoms with Crippen LogP contribution in [-0.2, 0) is 4.84 Å². The quantitative estimate of drug-likeness (QED) is 0.733. The summed E-state index contributed by atoms with van der Waals surface area (Å²) in [6, 6.07) is 0. The van der Waals surface area contributed by atoms with Gasteiger partial charge in [0.25, 0.3) is 12.3 Å². The lowest BCUT2D eigenvalue weighted by Gasteiger charge is -2.36. The largest absolute Gasteiger partial charge is 0.367 e. The van der Waals surface area contributed by atoms with E-state index in [2.05, 4.69) is 14.9 Å². The van der Waals surface area contributed by atoms with E-state index in [9.17, 15) is 22.4 Å². The summed E-state index contributed by atoms with van der Waals surface area (Å²) in [5.41, 5.74) is -1.53. The number of halogens is 4. The van der Waals surface area contributed by atoms with Gasteiger partial charge in [0, 0.05) is 19.4 Å². The molecule has 0 atom stereocenters. The van der Waals surface area contributed by atoms with E-state index in [0.29, 0.717) is 0 Å². The number of carbonyl (C=O) groups excluding carboxylic acids is 1. The Morgan fingerprint density at radius 1 is 1.31 bits per heavy atom. The Bertz CT molecular complexity index is 697. The van der Waals surface area contributed by atoms with E-state index in [-0.39, 0.29) is 38.1 Å². The van der Waals surface area contributed by atoms with E-state index in [0.717, 1.165) is 10.2 Å². The number of hydroxylamine groups is 1. The summed E-state index contributed by atoms with van der Waals surface area (Å²) in [7, 11) is 0. The average molecular weight is 376 g/mol. The molecule has 1 aliphatic carbocycles. The highest BCUT2D eigenvalue weighted by atomic mass is 19.3. The minimum Gasteiger partial charge on any atom is -0.367 e. The number of allylic oxidation sites excluding steroid dienone is 2. The van der Waals surface area contributed by atoms with Crippen LogP contribution in [0.25, 0.3) is 0 Å². The molecule has 7 nitrogen and oxygen atoms in total. The first kappa shape index (κ1) is 18.2. The molecule has 1 aromatic rings. The molecular formula is C15H16F4N4O3. The minimum atomic E-state index is -3.05. The zero-order chi connectivity index (χ0) is 18.7. The molecule has 2 aliphatic rings. The summed E-state index contributed by atoms with van der Waals surface area (Å²) in [4.78, 5) is 17.9. The van der Waals surface area contributed by atoms with Gasteiger partial charge < -0.3 is 4.84 Å². The molecule has 0 saturated heterocycles. The van der Waals surface area contributed by atoms with E-state index < -0.39 is 29.6 Å². The fourth-order valence-electron chi connectivity index (χ4n) is 2.83. The fraction of sp³-hybridized carbons (Fsp3) is 0.533. The van der Waals surface area contributed by atoms with Gasteiger partial charge in [-0.05, 0) is 41.2 Å². The summed E-state index contributed by atoms with van der Waals surface area (Å²) < 4.78 is 56.9. The van der Waals surface area contributed by atoms with Gasteiger partial charge in [-0.1, -0.05) is 0 Å². The molecule has 1 aromatic heterocycles. The molecule has 0 unspecified atom stereocenters. The minimum absolute atomic E-state index is 0.00261. The number of aromatic nitrogens is 2. The molecule has 0 bridgehead atoms. The fourth-order valence-corrected chi connectivity index (χ4v) is 2.83. The van der Waals surface area contributed by atoms with Crippen molar-refractivity contribution < 1.29 is 31.8 Å². The van der Waals surface area contributed by atoms with Crippen molar-refractivity contribution in [2.75, 3.05) is 6.54 Å². The Balaban J connectivity index is 1.79. The SMILES string of the molecule is O=C(c1nonc1C(F)F)N(CC1CCC(F)(F)CC1)N1C=CC=CO1. The molecule has 26 heavy (non-hydrogen) atoms. The number of hydrazine groups is 1. The van der Waals surface area contributed by atoms with Gasteiger partial charge in [0.1, 0.15) is 6.26 Å². The second-order valence-electron chi connectivity index (χ2n) is 6.06. The molecule has 0 radical (unpaired) electrons. The molecule has 1 amide bonds. The number of rotatable bonds is 5. The van der Waals surface area contributed by atoms with Crippen LogP contribution in [-0.4, -0.2) is 38.9 Å². The van der Waals surface area contributed by atoms with Crippen LogP contribution >= 0.6 is 0 Å². The van der Waals surface area contributed by atoms with Crippen molar-refractivity contribution in [3.05, 3.63) is 36.0 Å². The third kappa shape index (κ3) is 3.97. The molecule has 0 aromatic carbocycles. The number of hydrogen-bond acceptors (Lipinski definition) is 6. The third-order valence-electron chi connectivity index (χ3n) is 4.24. The van der Waals surface area contributed by atoms with Crippen LogP contribution in [0.5, 0.6) is 0 Å². The lowest BCUT2D eigenvalue weighted by atomic mass is 9.86. The molecule has 2 heterocycles. The number of amides is 1. The molecule has 142 valence electrons. The Hall–Kier alpha value is -2.59. The van der Waals surface area contributed by atoms with Gasteiger partial charge in [-0.2, -0.15) is 0 Å². The Labute approximate surface area is 145 Å². The number of carbonyl (C=O) groups is 1. The first-order valence-electron chi connectivity index (χ1n) is 7.97. The van der Waals surface area contributed by atoms with Crippen LogP contribution < -0.4 is 0 Å². The van der Waals surface area contributed by atoms with Gasteiger partial charge in [0.2, 0.25) is 11.6 Å². The Kier molecular flexibility index (Phi) is 5.14. The predicted octanol–water partition coefficient (Wildman–Crippen LogP) is 3.46. The summed E-state index contributed by atoms with van der Waals surface area (Å²) in [6.45, 7) is 0.00261. The molecule has 1 aliphatic heterocycles. The summed E-state index contributed by atoms with van der Waals surface area (Å²) >= 11 is 0. The van der Waals surface area contributed by atoms with Crippen molar-refractivity contribution in [2.24, 2.45) is 5.92 Å². The van der Waals surface area contributed by atoms with Crippen molar-refractivity contribution in [1.82, 2.24) is 20.5 Å². The smallest absolute Gasteiger partial charge is 0.299 e. The Morgan fingerprint density at radius 2 is 2.04 bits per heavy atom. The first-order chi connectivity index (χ1) is 12.4. The first-order valence-corrected chi connectivity index (χ1v) is 7.97. The van der Waals surface area contributed by atoms with Crippen molar-refractivity contribution in [1.29, 1.82) is 0 Å². The summed E-state index contributed by atoms with van der Waals surface area (Å²) in [6.07, 6.45) is 2.57. The van der Waals surface area contributed by atoms with Gasteiger partial charge in [-0.3, -0.25) is 4.79 Å². The molecule has 1 saturated carbocycles. The second kappa shape index (κ2) is 7.34.